The Bertz CT molecular complexity index is 3580. The Labute approximate surface area is 401 Å². The van der Waals surface area contributed by atoms with Gasteiger partial charge in [-0.25, -0.2) is 9.97 Å². The lowest BCUT2D eigenvalue weighted by atomic mass is 9.73. The zero-order valence-electron chi connectivity index (χ0n) is 41.1. The summed E-state index contributed by atoms with van der Waals surface area (Å²) in [7, 11) is 0. The number of rotatable bonds is 8. The summed E-state index contributed by atoms with van der Waals surface area (Å²) in [6.07, 6.45) is 5.76. The summed E-state index contributed by atoms with van der Waals surface area (Å²) in [5.41, 5.74) is 15.7. The van der Waals surface area contributed by atoms with Crippen LogP contribution in [0.2, 0.25) is 0 Å². The van der Waals surface area contributed by atoms with Gasteiger partial charge in [0.1, 0.15) is 22.8 Å². The molecule has 1 aliphatic carbocycles. The molecule has 7 aromatic carbocycles. The summed E-state index contributed by atoms with van der Waals surface area (Å²) in [6, 6.07) is 54.1. The van der Waals surface area contributed by atoms with Crippen LogP contribution in [0.3, 0.4) is 0 Å². The van der Waals surface area contributed by atoms with Gasteiger partial charge < -0.3 is 4.42 Å². The molecule has 1 aliphatic rings. The molecule has 5 nitrogen and oxygen atoms in total. The highest BCUT2D eigenvalue weighted by Crippen LogP contribution is 2.59. The third-order valence-corrected chi connectivity index (χ3v) is 14.8. The van der Waals surface area contributed by atoms with Crippen molar-refractivity contribution >= 4 is 77.9 Å². The lowest BCUT2D eigenvalue weighted by Crippen LogP contribution is -2.24. The lowest BCUT2D eigenvalue weighted by Gasteiger charge is -2.33. The van der Waals surface area contributed by atoms with E-state index in [0.29, 0.717) is 0 Å². The molecule has 68 heavy (non-hydrogen) atoms. The molecule has 0 N–H and O–H groups in total. The molecule has 0 aliphatic heterocycles. The van der Waals surface area contributed by atoms with Gasteiger partial charge in [-0.2, -0.15) is 0 Å². The van der Waals surface area contributed by atoms with Gasteiger partial charge in [-0.1, -0.05) is 140 Å². The van der Waals surface area contributed by atoms with Gasteiger partial charge in [0.25, 0.3) is 0 Å². The topological polar surface area (TPSA) is 45.4 Å². The fraction of sp³-hybridized carbons (Fsp3) is 0.238. The number of pyridine rings is 2. The molecule has 3 heterocycles. The fourth-order valence-corrected chi connectivity index (χ4v) is 10.8. The summed E-state index contributed by atoms with van der Waals surface area (Å²) in [6.45, 7) is 22.5. The van der Waals surface area contributed by atoms with Crippen LogP contribution >= 0.6 is 0 Å². The van der Waals surface area contributed by atoms with Crippen LogP contribution in [0.5, 0.6) is 0 Å². The number of fused-ring (bicyclic) bond motifs is 9. The summed E-state index contributed by atoms with van der Waals surface area (Å²) >= 11 is 0. The molecule has 5 heteroatoms. The zero-order valence-corrected chi connectivity index (χ0v) is 41.1. The minimum absolute atomic E-state index is 0.0511. The summed E-state index contributed by atoms with van der Waals surface area (Å²) < 4.78 is 7.16. The monoisotopic (exact) mass is 888 g/mol. The number of benzene rings is 7. The third-order valence-electron chi connectivity index (χ3n) is 14.8. The van der Waals surface area contributed by atoms with Gasteiger partial charge in [0, 0.05) is 45.8 Å². The molecule has 0 amide bonds. The average Bonchev–Trinajstić information content (AvgIpc) is 3.85. The Kier molecular flexibility index (Phi) is 10.2. The van der Waals surface area contributed by atoms with E-state index < -0.39 is 0 Å². The number of aromatic nitrogens is 2. The van der Waals surface area contributed by atoms with E-state index in [4.69, 9.17) is 14.4 Å². The highest BCUT2D eigenvalue weighted by atomic mass is 16.3. The van der Waals surface area contributed by atoms with E-state index >= 15 is 0 Å². The van der Waals surface area contributed by atoms with Crippen molar-refractivity contribution in [1.82, 2.24) is 9.97 Å². The molecule has 10 aromatic rings. The van der Waals surface area contributed by atoms with Gasteiger partial charge in [0.15, 0.2) is 0 Å². The molecule has 0 radical (unpaired) electrons. The van der Waals surface area contributed by atoms with Gasteiger partial charge in [-0.15, -0.1) is 0 Å². The van der Waals surface area contributed by atoms with Crippen molar-refractivity contribution in [2.24, 2.45) is 0 Å². The average molecular weight is 889 g/mol. The first-order chi connectivity index (χ1) is 32.6. The molecule has 0 bridgehead atoms. The maximum Gasteiger partial charge on any atom is 0.145 e. The van der Waals surface area contributed by atoms with Crippen LogP contribution in [-0.4, -0.2) is 9.97 Å². The normalized spacial score (nSPS) is 13.4. The third kappa shape index (κ3) is 7.05. The Morgan fingerprint density at radius 2 is 1.03 bits per heavy atom. The number of hydrogen-bond acceptors (Lipinski definition) is 5. The quantitative estimate of drug-likeness (QED) is 0.152. The number of hydrogen-bond donors (Lipinski definition) is 0. The van der Waals surface area contributed by atoms with E-state index in [1.807, 2.05) is 12.4 Å². The highest BCUT2D eigenvalue weighted by Gasteiger charge is 2.44. The molecule has 0 fully saturated rings. The fourth-order valence-electron chi connectivity index (χ4n) is 10.8. The summed E-state index contributed by atoms with van der Waals surface area (Å²) in [5, 5.41) is 7.01. The smallest absolute Gasteiger partial charge is 0.145 e. The molecule has 0 unspecified atom stereocenters. The Hall–Kier alpha value is -7.24. The number of furan rings is 1. The van der Waals surface area contributed by atoms with E-state index in [1.54, 1.807) is 0 Å². The standard InChI is InChI=1S/C63H60N4O/c1-11-63(12-2)52-35-49(66(56-29-17-39(3)37-64-56)47-25-21-41-31-45(61(5,6)7)23-19-43(41)33-47)27-28-50(52)58-53(63)36-54(59-51-15-13-14-16-55(51)68-60(58)59)67(57-30-18-40(4)38-65-57)48-26-22-42-32-46(62(8,9)10)24-20-44(42)34-48/h13-38H,11-12H2,1-10H3. The molecule has 0 saturated carbocycles. The van der Waals surface area contributed by atoms with Crippen LogP contribution in [0.1, 0.15) is 102 Å². The van der Waals surface area contributed by atoms with Gasteiger partial charge >= 0.3 is 0 Å². The molecule has 0 atom stereocenters. The van der Waals surface area contributed by atoms with Crippen LogP contribution in [0, 0.1) is 13.8 Å². The maximum absolute atomic E-state index is 7.16. The van der Waals surface area contributed by atoms with Crippen LogP contribution in [-0.2, 0) is 16.2 Å². The van der Waals surface area contributed by atoms with Crippen molar-refractivity contribution in [2.75, 3.05) is 9.80 Å². The molecule has 0 spiro atoms. The second-order valence-corrected chi connectivity index (χ2v) is 21.2. The first-order valence-corrected chi connectivity index (χ1v) is 24.3. The molecule has 11 rings (SSSR count). The van der Waals surface area contributed by atoms with Gasteiger partial charge in [-0.3, -0.25) is 9.80 Å². The minimum Gasteiger partial charge on any atom is -0.455 e. The first kappa shape index (κ1) is 43.3. The second-order valence-electron chi connectivity index (χ2n) is 21.2. The van der Waals surface area contributed by atoms with Crippen molar-refractivity contribution in [3.05, 3.63) is 191 Å². The van der Waals surface area contributed by atoms with E-state index in [9.17, 15) is 0 Å². The van der Waals surface area contributed by atoms with Crippen molar-refractivity contribution in [3.63, 3.8) is 0 Å². The van der Waals surface area contributed by atoms with Crippen molar-refractivity contribution in [2.45, 2.75) is 98.3 Å². The molecule has 338 valence electrons. The molecular formula is C63H60N4O. The van der Waals surface area contributed by atoms with Gasteiger partial charge in [0.05, 0.1) is 11.1 Å². The molecular weight excluding hydrogens is 829 g/mol. The number of para-hydroxylation sites is 1. The highest BCUT2D eigenvalue weighted by molar-refractivity contribution is 6.19. The first-order valence-electron chi connectivity index (χ1n) is 24.3. The van der Waals surface area contributed by atoms with Gasteiger partial charge in [-0.05, 0) is 159 Å². The van der Waals surface area contributed by atoms with Crippen molar-refractivity contribution in [1.29, 1.82) is 0 Å². The lowest BCUT2D eigenvalue weighted by molar-refractivity contribution is 0.490. The predicted octanol–water partition coefficient (Wildman–Crippen LogP) is 17.9. The van der Waals surface area contributed by atoms with Crippen molar-refractivity contribution in [3.8, 4) is 11.1 Å². The van der Waals surface area contributed by atoms with Gasteiger partial charge in [0.2, 0.25) is 0 Å². The SMILES string of the molecule is CCC1(CC)c2cc(N(c3ccc4cc(C(C)(C)C)ccc4c3)c3ccc(C)cn3)ccc2-c2c1cc(N(c1ccc3cc(C(C)(C)C)ccc3c1)c1ccc(C)cn1)c1c2oc2ccccc21. The Morgan fingerprint density at radius 3 is 1.59 bits per heavy atom. The predicted molar refractivity (Wildman–Crippen MR) is 287 cm³/mol. The summed E-state index contributed by atoms with van der Waals surface area (Å²) in [5.74, 6) is 1.74. The summed E-state index contributed by atoms with van der Waals surface area (Å²) in [4.78, 5) is 14.9. The largest absolute Gasteiger partial charge is 0.455 e. The van der Waals surface area contributed by atoms with Crippen molar-refractivity contribution < 1.29 is 4.42 Å². The van der Waals surface area contributed by atoms with Crippen LogP contribution < -0.4 is 9.80 Å². The minimum atomic E-state index is -0.319. The Morgan fingerprint density at radius 1 is 0.515 bits per heavy atom. The molecule has 3 aromatic heterocycles. The number of anilines is 6. The van der Waals surface area contributed by atoms with E-state index in [0.717, 1.165) is 80.3 Å². The maximum atomic E-state index is 7.16. The zero-order chi connectivity index (χ0) is 47.3. The number of aryl methyl sites for hydroxylation is 2. The number of nitrogens with zero attached hydrogens (tertiary/aromatic N) is 4. The second kappa shape index (κ2) is 15.9. The molecule has 0 saturated heterocycles. The van der Waals surface area contributed by atoms with E-state index in [-0.39, 0.29) is 16.2 Å². The van der Waals surface area contributed by atoms with E-state index in [2.05, 4.69) is 225 Å². The Balaban J connectivity index is 1.14. The van der Waals surface area contributed by atoms with Crippen LogP contribution in [0.25, 0.3) is 54.6 Å². The van der Waals surface area contributed by atoms with Crippen LogP contribution in [0.15, 0.2) is 162 Å². The van der Waals surface area contributed by atoms with Crippen LogP contribution in [0.4, 0.5) is 34.4 Å². The van der Waals surface area contributed by atoms with E-state index in [1.165, 1.54) is 54.9 Å².